The first-order valence-electron chi connectivity index (χ1n) is 14.6. The van der Waals surface area contributed by atoms with Gasteiger partial charge in [-0.25, -0.2) is 16.8 Å². The quantitative estimate of drug-likeness (QED) is 0.0720. The molecule has 0 atom stereocenters. The van der Waals surface area contributed by atoms with Gasteiger partial charge in [-0.05, 0) is 60.7 Å². The molecule has 4 aromatic rings. The molecule has 6 nitrogen and oxygen atoms in total. The summed E-state index contributed by atoms with van der Waals surface area (Å²) in [5.41, 5.74) is -8.63. The highest BCUT2D eigenvalue weighted by molar-refractivity contribution is 7.98. The van der Waals surface area contributed by atoms with E-state index in [9.17, 15) is 26.3 Å². The average molecular weight is 797 g/mol. The van der Waals surface area contributed by atoms with Crippen molar-refractivity contribution in [2.45, 2.75) is 40.4 Å². The fraction of sp³-hybridized carbons (Fsp3) is 0.0556. The van der Waals surface area contributed by atoms with Gasteiger partial charge in [-0.1, -0.05) is 91.0 Å². The van der Waals surface area contributed by atoms with Crippen LogP contribution in [0.15, 0.2) is 187 Å². The first-order chi connectivity index (χ1) is 24.4. The Morgan fingerprint density at radius 3 is 0.769 bits per heavy atom. The topological polar surface area (TPSA) is 114 Å². The lowest BCUT2D eigenvalue weighted by Gasteiger charge is -2.08. The molecule has 2 aliphatic rings. The lowest BCUT2D eigenvalue weighted by molar-refractivity contribution is -0.0522. The third-order valence-corrected chi connectivity index (χ3v) is 12.4. The van der Waals surface area contributed by atoms with Crippen molar-refractivity contribution in [1.29, 1.82) is 0 Å². The molecule has 0 aliphatic heterocycles. The van der Waals surface area contributed by atoms with Gasteiger partial charge in [0.15, 0.2) is 49.6 Å². The summed E-state index contributed by atoms with van der Waals surface area (Å²) >= 11 is 0. The second-order valence-electron chi connectivity index (χ2n) is 10.3. The van der Waals surface area contributed by atoms with Crippen LogP contribution in [0.1, 0.15) is 0 Å². The molecule has 0 aromatic heterocycles. The van der Waals surface area contributed by atoms with Crippen molar-refractivity contribution in [2.24, 2.45) is 0 Å². The molecule has 6 rings (SSSR count). The number of rotatable bonds is 6. The molecule has 0 N–H and O–H groups in total. The van der Waals surface area contributed by atoms with E-state index in [2.05, 4.69) is 158 Å². The first kappa shape index (κ1) is 40.5. The Hall–Kier alpha value is -4.32. The Kier molecular flexibility index (Phi) is 13.2. The van der Waals surface area contributed by atoms with Crippen molar-refractivity contribution in [2.75, 3.05) is 0 Å². The van der Waals surface area contributed by atoms with E-state index in [0.717, 1.165) is 0 Å². The fourth-order valence-corrected chi connectivity index (χ4v) is 9.21. The molecule has 0 saturated carbocycles. The summed E-state index contributed by atoms with van der Waals surface area (Å²) in [5.74, 6) is 0. The minimum Gasteiger partial charge on any atom is -0.741 e. The van der Waals surface area contributed by atoms with Gasteiger partial charge in [-0.3, -0.25) is 0 Å². The van der Waals surface area contributed by atoms with Crippen molar-refractivity contribution in [3.8, 4) is 11.1 Å². The highest BCUT2D eigenvalue weighted by atomic mass is 32.2. The van der Waals surface area contributed by atoms with Crippen LogP contribution < -0.4 is 0 Å². The van der Waals surface area contributed by atoms with Gasteiger partial charge in [0.2, 0.25) is 0 Å². The Bertz CT molecular complexity index is 1990. The molecular formula is C36H26F6O6S4. The number of hydrogen-bond acceptors (Lipinski definition) is 6. The normalized spacial score (nSPS) is 12.1. The molecule has 0 saturated heterocycles. The van der Waals surface area contributed by atoms with Crippen LogP contribution in [-0.2, 0) is 42.0 Å². The van der Waals surface area contributed by atoms with Gasteiger partial charge in [0.1, 0.15) is 21.8 Å². The van der Waals surface area contributed by atoms with Crippen molar-refractivity contribution < 1.29 is 52.3 Å². The van der Waals surface area contributed by atoms with Crippen molar-refractivity contribution in [1.82, 2.24) is 0 Å². The van der Waals surface area contributed by atoms with E-state index in [1.54, 1.807) is 0 Å². The van der Waals surface area contributed by atoms with Gasteiger partial charge in [0.05, 0.1) is 6.07 Å². The third-order valence-electron chi connectivity index (χ3n) is 6.75. The summed E-state index contributed by atoms with van der Waals surface area (Å²) in [7, 11) is -12.6. The van der Waals surface area contributed by atoms with Crippen LogP contribution in [0.2, 0.25) is 0 Å². The molecule has 0 heterocycles. The smallest absolute Gasteiger partial charge is 0.485 e. The van der Waals surface area contributed by atoms with E-state index in [0.29, 0.717) is 0 Å². The monoisotopic (exact) mass is 796 g/mol. The number of hydrogen-bond donors (Lipinski definition) is 0. The minimum absolute atomic E-state index is 0.215. The van der Waals surface area contributed by atoms with Gasteiger partial charge in [0, 0.05) is 11.1 Å². The first-order valence-corrected chi connectivity index (χ1v) is 19.9. The molecule has 272 valence electrons. The minimum atomic E-state index is -6.09. The Morgan fingerprint density at radius 1 is 0.385 bits per heavy atom. The van der Waals surface area contributed by atoms with Crippen molar-refractivity contribution in [3.63, 3.8) is 0 Å². The molecule has 0 radical (unpaired) electrons. The fourth-order valence-electron chi connectivity index (χ4n) is 4.60. The zero-order valence-electron chi connectivity index (χ0n) is 26.4. The Morgan fingerprint density at radius 2 is 0.577 bits per heavy atom. The molecule has 2 aliphatic carbocycles. The molecule has 0 unspecified atom stereocenters. The molecule has 0 spiro atoms. The van der Waals surface area contributed by atoms with Crippen molar-refractivity contribution in [3.05, 3.63) is 158 Å². The highest BCUT2D eigenvalue weighted by Gasteiger charge is 2.41. The summed E-state index contributed by atoms with van der Waals surface area (Å²) in [4.78, 5) is 8.14. The molecule has 0 bridgehead atoms. The van der Waals surface area contributed by atoms with E-state index in [-0.39, 0.29) is 21.8 Å². The Balaban J connectivity index is 0.000000317. The van der Waals surface area contributed by atoms with Crippen molar-refractivity contribution >= 4 is 42.0 Å². The largest absolute Gasteiger partial charge is 0.741 e. The van der Waals surface area contributed by atoms with E-state index < -0.39 is 31.3 Å². The van der Waals surface area contributed by atoms with E-state index in [1.807, 2.05) is 0 Å². The lowest BCUT2D eigenvalue weighted by Crippen LogP contribution is -2.21. The number of benzene rings is 4. The molecule has 16 heteroatoms. The summed E-state index contributed by atoms with van der Waals surface area (Å²) in [6.07, 6.45) is 0. The zero-order valence-corrected chi connectivity index (χ0v) is 29.6. The average Bonchev–Trinajstić information content (AvgIpc) is 3.24. The van der Waals surface area contributed by atoms with Crippen LogP contribution >= 0.6 is 0 Å². The molecule has 4 aromatic carbocycles. The highest BCUT2D eigenvalue weighted by Crippen LogP contribution is 2.46. The predicted molar refractivity (Wildman–Crippen MR) is 185 cm³/mol. The molecule has 0 fully saturated rings. The number of halogens is 6. The number of fused-ring (bicyclic) bond motifs is 1. The molecular weight excluding hydrogens is 771 g/mol. The van der Waals surface area contributed by atoms with Gasteiger partial charge < -0.3 is 9.11 Å². The lowest BCUT2D eigenvalue weighted by atomic mass is 10.2. The van der Waals surface area contributed by atoms with E-state index in [4.69, 9.17) is 25.9 Å². The van der Waals surface area contributed by atoms with Gasteiger partial charge in [0.25, 0.3) is 0 Å². The zero-order chi connectivity index (χ0) is 38.2. The maximum Gasteiger partial charge on any atom is 0.485 e. The summed E-state index contributed by atoms with van der Waals surface area (Å²) in [6, 6.07) is 57.4. The number of alkyl halides is 6. The molecule has 52 heavy (non-hydrogen) atoms. The maximum atomic E-state index is 10.7. The summed E-state index contributed by atoms with van der Waals surface area (Å²) in [6.45, 7) is 0. The van der Waals surface area contributed by atoms with Crippen LogP contribution in [0.5, 0.6) is 0 Å². The van der Waals surface area contributed by atoms with Crippen LogP contribution in [0.4, 0.5) is 26.3 Å². The predicted octanol–water partition coefficient (Wildman–Crippen LogP) is 9.08. The standard InChI is InChI=1S/C34H26S2.2CHF3O3S/c1-6-16-27(17-7-1)35(28-18-8-2-9-19-28)33-26-34(32-25-15-5-14-24-31(32)33)36(29-20-10-3-11-21-29)30-22-12-4-13-23-30;2*2-1(3,4)8(5,6)7/h1-26H;2*(H,5,6,7)/q+2;;/p-2. The van der Waals surface area contributed by atoms with Gasteiger partial charge >= 0.3 is 11.0 Å². The summed E-state index contributed by atoms with van der Waals surface area (Å²) in [5, 5.41) is 0. The Labute approximate surface area is 302 Å². The van der Waals surface area contributed by atoms with Crippen LogP contribution in [0.25, 0.3) is 11.1 Å². The van der Waals surface area contributed by atoms with E-state index >= 15 is 0 Å². The van der Waals surface area contributed by atoms with Crippen LogP contribution in [0, 0.1) is 0 Å². The SMILES string of the molecule is O=S(=O)([O-])C(F)(F)F.O=S(=O)([O-])C(F)(F)F.c1ccc([S+](c2ccccc2)c2cc([S+](c3ccccc3)c3ccccc3)c3cccccc2-3)cc1. The summed E-state index contributed by atoms with van der Waals surface area (Å²) < 4.78 is 118. The van der Waals surface area contributed by atoms with Crippen LogP contribution in [0.3, 0.4) is 0 Å². The molecule has 0 amide bonds. The second kappa shape index (κ2) is 17.0. The van der Waals surface area contributed by atoms with E-state index in [1.165, 1.54) is 40.5 Å². The second-order valence-corrected chi connectivity index (χ2v) is 17.0. The van der Waals surface area contributed by atoms with Gasteiger partial charge in [-0.2, -0.15) is 26.3 Å². The van der Waals surface area contributed by atoms with Crippen LogP contribution in [-0.4, -0.2) is 37.0 Å². The maximum absolute atomic E-state index is 10.7. The third kappa shape index (κ3) is 10.4. The van der Waals surface area contributed by atoms with Gasteiger partial charge in [-0.15, -0.1) is 0 Å².